The van der Waals surface area contributed by atoms with Crippen LogP contribution in [0.4, 0.5) is 34.1 Å². The fourth-order valence-corrected chi connectivity index (χ4v) is 10.3. The Hall–Kier alpha value is -7.62. The van der Waals surface area contributed by atoms with E-state index in [9.17, 15) is 0 Å². The molecule has 0 aliphatic carbocycles. The predicted octanol–water partition coefficient (Wildman–Crippen LogP) is 18.4. The van der Waals surface area contributed by atoms with E-state index >= 15 is 0 Å². The third-order valence-corrected chi connectivity index (χ3v) is 13.7. The SMILES string of the molecule is Cc1cccc(N(c2ccc(C(C)(C)C)cc2)c2cc3c(c4ccccc24)c2c4ccccc4c(N(c4ccc(C(C)(C)C)cc4)c4cccc(C)c4)cc2n3-c2cccc3ccccc23)c1. The van der Waals surface area contributed by atoms with E-state index in [0.717, 1.165) is 50.8 Å². The van der Waals surface area contributed by atoms with E-state index in [1.165, 1.54) is 65.3 Å². The minimum Gasteiger partial charge on any atom is -0.310 e. The fourth-order valence-electron chi connectivity index (χ4n) is 10.3. The van der Waals surface area contributed by atoms with Crippen LogP contribution in [-0.4, -0.2) is 4.57 Å². The van der Waals surface area contributed by atoms with Crippen LogP contribution in [0.1, 0.15) is 63.8 Å². The summed E-state index contributed by atoms with van der Waals surface area (Å²) < 4.78 is 2.56. The Kier molecular flexibility index (Phi) is 10.1. The highest BCUT2D eigenvalue weighted by Crippen LogP contribution is 2.50. The first kappa shape index (κ1) is 42.0. The topological polar surface area (TPSA) is 11.4 Å². The van der Waals surface area contributed by atoms with Crippen LogP contribution in [0.3, 0.4) is 0 Å². The van der Waals surface area contributed by atoms with Crippen LogP contribution >= 0.6 is 0 Å². The van der Waals surface area contributed by atoms with Gasteiger partial charge in [0.25, 0.3) is 0 Å². The number of fused-ring (bicyclic) bond motifs is 8. The number of hydrogen-bond acceptors (Lipinski definition) is 2. The minimum atomic E-state index is 0.0319. The molecule has 0 saturated carbocycles. The van der Waals surface area contributed by atoms with Gasteiger partial charge in [0.1, 0.15) is 0 Å². The molecule has 0 spiro atoms. The summed E-state index contributed by atoms with van der Waals surface area (Å²) in [7, 11) is 0. The van der Waals surface area contributed by atoms with E-state index in [0.29, 0.717) is 0 Å². The first-order valence-electron chi connectivity index (χ1n) is 23.7. The Morgan fingerprint density at radius 1 is 0.343 bits per heavy atom. The predicted molar refractivity (Wildman–Crippen MR) is 290 cm³/mol. The number of rotatable bonds is 7. The average Bonchev–Trinajstić information content (AvgIpc) is 3.65. The van der Waals surface area contributed by atoms with Gasteiger partial charge in [-0.2, -0.15) is 0 Å². The van der Waals surface area contributed by atoms with Crippen LogP contribution < -0.4 is 9.80 Å². The van der Waals surface area contributed by atoms with Gasteiger partial charge in [0.15, 0.2) is 0 Å². The lowest BCUT2D eigenvalue weighted by Gasteiger charge is -2.29. The van der Waals surface area contributed by atoms with Crippen LogP contribution in [-0.2, 0) is 10.8 Å². The molecule has 0 fully saturated rings. The smallest absolute Gasteiger partial charge is 0.0568 e. The first-order valence-corrected chi connectivity index (χ1v) is 23.7. The highest BCUT2D eigenvalue weighted by molar-refractivity contribution is 6.32. The number of hydrogen-bond donors (Lipinski definition) is 0. The van der Waals surface area contributed by atoms with Gasteiger partial charge >= 0.3 is 0 Å². The molecule has 67 heavy (non-hydrogen) atoms. The van der Waals surface area contributed by atoms with Crippen molar-refractivity contribution in [2.75, 3.05) is 9.80 Å². The van der Waals surface area contributed by atoms with E-state index in [-0.39, 0.29) is 10.8 Å². The van der Waals surface area contributed by atoms with Gasteiger partial charge in [-0.3, -0.25) is 0 Å². The van der Waals surface area contributed by atoms with Gasteiger partial charge in [-0.25, -0.2) is 0 Å². The zero-order valence-electron chi connectivity index (χ0n) is 39.9. The molecule has 0 N–H and O–H groups in total. The summed E-state index contributed by atoms with van der Waals surface area (Å²) in [6.45, 7) is 18.1. The summed E-state index contributed by atoms with van der Waals surface area (Å²) in [5.74, 6) is 0. The van der Waals surface area contributed by atoms with Gasteiger partial charge in [0.05, 0.1) is 28.1 Å². The van der Waals surface area contributed by atoms with Crippen LogP contribution in [0, 0.1) is 13.8 Å². The average molecular weight is 868 g/mol. The largest absolute Gasteiger partial charge is 0.310 e. The molecule has 1 aromatic heterocycles. The molecule has 3 heteroatoms. The number of aryl methyl sites for hydroxylation is 2. The first-order chi connectivity index (χ1) is 32.3. The number of aromatic nitrogens is 1. The lowest BCUT2D eigenvalue weighted by Crippen LogP contribution is -2.13. The normalized spacial score (nSPS) is 12.2. The molecular weight excluding hydrogens is 811 g/mol. The summed E-state index contributed by atoms with van der Waals surface area (Å²) >= 11 is 0. The van der Waals surface area contributed by atoms with Gasteiger partial charge in [-0.05, 0) is 130 Å². The summed E-state index contributed by atoms with van der Waals surface area (Å²) in [6, 6.07) is 74.9. The van der Waals surface area contributed by atoms with Crippen LogP contribution in [0.5, 0.6) is 0 Å². The molecule has 11 aromatic rings. The van der Waals surface area contributed by atoms with Gasteiger partial charge in [0.2, 0.25) is 0 Å². The lowest BCUT2D eigenvalue weighted by atomic mass is 9.87. The maximum atomic E-state index is 2.56. The fraction of sp³-hybridized carbons (Fsp3) is 0.156. The van der Waals surface area contributed by atoms with E-state index in [1.54, 1.807) is 0 Å². The summed E-state index contributed by atoms with van der Waals surface area (Å²) in [5.41, 5.74) is 15.3. The maximum absolute atomic E-state index is 2.56. The Balaban J connectivity index is 1.30. The van der Waals surface area contributed by atoms with E-state index in [2.05, 4.69) is 270 Å². The van der Waals surface area contributed by atoms with Crippen LogP contribution in [0.25, 0.3) is 59.8 Å². The second-order valence-electron chi connectivity index (χ2n) is 20.4. The molecule has 0 aliphatic heterocycles. The molecule has 1 heterocycles. The van der Waals surface area contributed by atoms with Crippen LogP contribution in [0.2, 0.25) is 0 Å². The van der Waals surface area contributed by atoms with Crippen molar-refractivity contribution >= 4 is 88.2 Å². The number of anilines is 6. The Labute approximate surface area is 395 Å². The molecule has 10 aromatic carbocycles. The number of nitrogens with zero attached hydrogens (tertiary/aromatic N) is 3. The number of benzene rings is 10. The molecule has 0 amide bonds. The summed E-state index contributed by atoms with van der Waals surface area (Å²) in [5, 5.41) is 9.72. The van der Waals surface area contributed by atoms with Gasteiger partial charge in [-0.1, -0.05) is 175 Å². The third kappa shape index (κ3) is 7.31. The Bertz CT molecular complexity index is 3460. The van der Waals surface area contributed by atoms with Crippen molar-refractivity contribution in [1.29, 1.82) is 0 Å². The quantitative estimate of drug-likeness (QED) is 0.158. The lowest BCUT2D eigenvalue weighted by molar-refractivity contribution is 0.590. The highest BCUT2D eigenvalue weighted by Gasteiger charge is 2.27. The zero-order valence-corrected chi connectivity index (χ0v) is 39.9. The van der Waals surface area contributed by atoms with Crippen LogP contribution in [0.15, 0.2) is 200 Å². The Morgan fingerprint density at radius 3 is 1.16 bits per heavy atom. The second-order valence-corrected chi connectivity index (χ2v) is 20.4. The molecular formula is C64H57N3. The van der Waals surface area contributed by atoms with Crippen molar-refractivity contribution in [2.45, 2.75) is 66.2 Å². The zero-order chi connectivity index (χ0) is 46.2. The molecule has 0 aliphatic rings. The highest BCUT2D eigenvalue weighted by atomic mass is 15.2. The second kappa shape index (κ2) is 16.1. The van der Waals surface area contributed by atoms with Gasteiger partial charge in [0, 0.05) is 49.7 Å². The van der Waals surface area contributed by atoms with Gasteiger partial charge < -0.3 is 14.4 Å². The molecule has 0 radical (unpaired) electrons. The van der Waals surface area contributed by atoms with Crippen molar-refractivity contribution in [3.05, 3.63) is 222 Å². The maximum Gasteiger partial charge on any atom is 0.0568 e. The van der Waals surface area contributed by atoms with E-state index in [4.69, 9.17) is 0 Å². The standard InChI is InChI=1S/C64H57N3/c1-42-18-15-22-49(38-42)65(47-34-30-45(31-35-47)63(3,4)5)57-40-59-61(54-27-13-11-25-52(54)57)62-55-28-14-12-26-53(55)58(41-60(62)67(59)56-29-17-21-44-20-9-10-24-51(44)56)66(50-23-16-19-43(2)39-50)48-36-32-46(33-37-48)64(6,7)8/h9-41H,1-8H3. The minimum absolute atomic E-state index is 0.0319. The summed E-state index contributed by atoms with van der Waals surface area (Å²) in [4.78, 5) is 4.94. The molecule has 0 atom stereocenters. The molecule has 328 valence electrons. The monoisotopic (exact) mass is 867 g/mol. The molecule has 0 saturated heterocycles. The molecule has 0 unspecified atom stereocenters. The van der Waals surface area contributed by atoms with Crippen molar-refractivity contribution in [3.8, 4) is 5.69 Å². The van der Waals surface area contributed by atoms with E-state index in [1.807, 2.05) is 0 Å². The van der Waals surface area contributed by atoms with E-state index < -0.39 is 0 Å². The van der Waals surface area contributed by atoms with Crippen molar-refractivity contribution in [1.82, 2.24) is 4.57 Å². The third-order valence-electron chi connectivity index (χ3n) is 13.7. The van der Waals surface area contributed by atoms with Crippen molar-refractivity contribution in [3.63, 3.8) is 0 Å². The molecule has 3 nitrogen and oxygen atoms in total. The Morgan fingerprint density at radius 2 is 0.731 bits per heavy atom. The molecule has 0 bridgehead atoms. The summed E-state index contributed by atoms with van der Waals surface area (Å²) in [6.07, 6.45) is 0. The van der Waals surface area contributed by atoms with Gasteiger partial charge in [-0.15, -0.1) is 0 Å². The molecule has 11 rings (SSSR count). The van der Waals surface area contributed by atoms with Crippen molar-refractivity contribution < 1.29 is 0 Å². The van der Waals surface area contributed by atoms with Crippen molar-refractivity contribution in [2.24, 2.45) is 0 Å².